The normalized spacial score (nSPS) is 17.1. The molecule has 1 saturated heterocycles. The SMILES string of the molecule is C[C@@H]1CN(c2cc(F)c3nc(-c4ccc(N(C)C)cc4)cc(=O)n3c2)CCN1. The van der Waals surface area contributed by atoms with Crippen molar-refractivity contribution in [2.45, 2.75) is 13.0 Å². The number of pyridine rings is 1. The highest BCUT2D eigenvalue weighted by Crippen LogP contribution is 2.23. The first-order valence-electron chi connectivity index (χ1n) is 9.41. The molecule has 2 aromatic heterocycles. The van der Waals surface area contributed by atoms with E-state index in [2.05, 4.69) is 22.1 Å². The Labute approximate surface area is 163 Å². The molecule has 0 amide bonds. The molecule has 1 aliphatic rings. The number of hydrogen-bond acceptors (Lipinski definition) is 5. The molecule has 1 atom stereocenters. The summed E-state index contributed by atoms with van der Waals surface area (Å²) in [4.78, 5) is 21.2. The van der Waals surface area contributed by atoms with Crippen LogP contribution in [0.3, 0.4) is 0 Å². The summed E-state index contributed by atoms with van der Waals surface area (Å²) < 4.78 is 16.2. The van der Waals surface area contributed by atoms with Crippen molar-refractivity contribution in [3.63, 3.8) is 0 Å². The maximum atomic E-state index is 14.9. The Morgan fingerprint density at radius 3 is 2.64 bits per heavy atom. The molecule has 0 saturated carbocycles. The summed E-state index contributed by atoms with van der Waals surface area (Å²) in [5.74, 6) is -0.493. The Hall–Kier alpha value is -2.93. The fourth-order valence-electron chi connectivity index (χ4n) is 3.57. The molecule has 4 rings (SSSR count). The van der Waals surface area contributed by atoms with Gasteiger partial charge in [-0.2, -0.15) is 0 Å². The van der Waals surface area contributed by atoms with E-state index >= 15 is 0 Å². The summed E-state index contributed by atoms with van der Waals surface area (Å²) in [6.07, 6.45) is 1.69. The lowest BCUT2D eigenvalue weighted by Crippen LogP contribution is -2.49. The van der Waals surface area contributed by atoms with Gasteiger partial charge in [-0.3, -0.25) is 9.20 Å². The van der Waals surface area contributed by atoms with Gasteiger partial charge >= 0.3 is 0 Å². The van der Waals surface area contributed by atoms with Crippen molar-refractivity contribution in [1.82, 2.24) is 14.7 Å². The Morgan fingerprint density at radius 2 is 1.96 bits per heavy atom. The average Bonchev–Trinajstić information content (AvgIpc) is 2.68. The van der Waals surface area contributed by atoms with Crippen molar-refractivity contribution in [2.24, 2.45) is 0 Å². The van der Waals surface area contributed by atoms with Crippen molar-refractivity contribution in [3.05, 3.63) is 58.8 Å². The minimum atomic E-state index is -0.493. The number of halogens is 1. The first-order chi connectivity index (χ1) is 13.4. The highest BCUT2D eigenvalue weighted by Gasteiger charge is 2.18. The van der Waals surface area contributed by atoms with E-state index in [-0.39, 0.29) is 11.2 Å². The van der Waals surface area contributed by atoms with E-state index in [0.717, 1.165) is 30.9 Å². The second-order valence-corrected chi connectivity index (χ2v) is 7.46. The second kappa shape index (κ2) is 7.24. The molecule has 3 aromatic rings. The Kier molecular flexibility index (Phi) is 4.77. The number of benzene rings is 1. The zero-order valence-electron chi connectivity index (χ0n) is 16.3. The Bertz CT molecular complexity index is 1060. The van der Waals surface area contributed by atoms with Crippen molar-refractivity contribution in [2.75, 3.05) is 43.5 Å². The van der Waals surface area contributed by atoms with E-state index in [9.17, 15) is 9.18 Å². The van der Waals surface area contributed by atoms with Gasteiger partial charge < -0.3 is 15.1 Å². The molecule has 0 aliphatic carbocycles. The summed E-state index contributed by atoms with van der Waals surface area (Å²) in [6.45, 7) is 4.46. The van der Waals surface area contributed by atoms with E-state index < -0.39 is 5.82 Å². The van der Waals surface area contributed by atoms with Crippen LogP contribution in [0.1, 0.15) is 6.92 Å². The van der Waals surface area contributed by atoms with Gasteiger partial charge in [0.1, 0.15) is 0 Å². The number of anilines is 2. The fourth-order valence-corrected chi connectivity index (χ4v) is 3.57. The van der Waals surface area contributed by atoms with E-state index in [4.69, 9.17) is 0 Å². The third kappa shape index (κ3) is 3.45. The van der Waals surface area contributed by atoms with Gasteiger partial charge in [-0.15, -0.1) is 0 Å². The van der Waals surface area contributed by atoms with Crippen LogP contribution in [0, 0.1) is 5.82 Å². The Balaban J connectivity index is 1.76. The van der Waals surface area contributed by atoms with Gasteiger partial charge in [0.05, 0.1) is 11.4 Å². The molecule has 28 heavy (non-hydrogen) atoms. The van der Waals surface area contributed by atoms with Gasteiger partial charge in [0, 0.05) is 69.4 Å². The van der Waals surface area contributed by atoms with E-state index in [1.807, 2.05) is 43.3 Å². The molecule has 0 radical (unpaired) electrons. The van der Waals surface area contributed by atoms with E-state index in [1.54, 1.807) is 6.20 Å². The average molecular weight is 381 g/mol. The first kappa shape index (κ1) is 18.4. The van der Waals surface area contributed by atoms with Crippen molar-refractivity contribution in [3.8, 4) is 11.3 Å². The third-order valence-electron chi connectivity index (χ3n) is 5.12. The molecule has 146 valence electrons. The molecule has 0 spiro atoms. The molecule has 1 fully saturated rings. The first-order valence-corrected chi connectivity index (χ1v) is 9.41. The number of rotatable bonds is 3. The molecule has 1 aliphatic heterocycles. The van der Waals surface area contributed by atoms with Crippen LogP contribution in [0.5, 0.6) is 0 Å². The maximum absolute atomic E-state index is 14.9. The fraction of sp³-hybridized carbons (Fsp3) is 0.333. The third-order valence-corrected chi connectivity index (χ3v) is 5.12. The van der Waals surface area contributed by atoms with Crippen molar-refractivity contribution < 1.29 is 4.39 Å². The quantitative estimate of drug-likeness (QED) is 0.755. The molecule has 7 heteroatoms. The predicted octanol–water partition coefficient (Wildman–Crippen LogP) is 2.36. The summed E-state index contributed by atoms with van der Waals surface area (Å²) in [7, 11) is 3.92. The maximum Gasteiger partial charge on any atom is 0.258 e. The lowest BCUT2D eigenvalue weighted by Gasteiger charge is -2.33. The molecular weight excluding hydrogens is 357 g/mol. The minimum absolute atomic E-state index is 0.0473. The second-order valence-electron chi connectivity index (χ2n) is 7.46. The van der Waals surface area contributed by atoms with Crippen LogP contribution in [0.25, 0.3) is 16.9 Å². The summed E-state index contributed by atoms with van der Waals surface area (Å²) in [5.41, 5.74) is 2.75. The van der Waals surface area contributed by atoms with Crippen LogP contribution in [0.4, 0.5) is 15.8 Å². The van der Waals surface area contributed by atoms with Crippen LogP contribution in [-0.2, 0) is 0 Å². The molecule has 0 unspecified atom stereocenters. The van der Waals surface area contributed by atoms with Gasteiger partial charge in [-0.25, -0.2) is 9.37 Å². The zero-order valence-corrected chi connectivity index (χ0v) is 16.3. The number of hydrogen-bond donors (Lipinski definition) is 1. The summed E-state index contributed by atoms with van der Waals surface area (Å²) >= 11 is 0. The highest BCUT2D eigenvalue weighted by atomic mass is 19.1. The summed E-state index contributed by atoms with van der Waals surface area (Å²) in [5, 5.41) is 3.36. The van der Waals surface area contributed by atoms with Crippen molar-refractivity contribution >= 4 is 17.0 Å². The number of fused-ring (bicyclic) bond motifs is 1. The number of nitrogens with one attached hydrogen (secondary N) is 1. The van der Waals surface area contributed by atoms with Crippen LogP contribution in [0.15, 0.2) is 47.4 Å². The van der Waals surface area contributed by atoms with Gasteiger partial charge in [0.2, 0.25) is 0 Å². The highest BCUT2D eigenvalue weighted by molar-refractivity contribution is 5.65. The van der Waals surface area contributed by atoms with Gasteiger partial charge in [-0.05, 0) is 19.1 Å². The molecule has 1 N–H and O–H groups in total. The van der Waals surface area contributed by atoms with Gasteiger partial charge in [0.15, 0.2) is 11.5 Å². The molecule has 0 bridgehead atoms. The van der Waals surface area contributed by atoms with Crippen LogP contribution in [-0.4, -0.2) is 49.2 Å². The molecule has 3 heterocycles. The zero-order chi connectivity index (χ0) is 19.8. The monoisotopic (exact) mass is 381 g/mol. The number of nitrogens with zero attached hydrogens (tertiary/aromatic N) is 4. The lowest BCUT2D eigenvalue weighted by atomic mass is 10.1. The van der Waals surface area contributed by atoms with Gasteiger partial charge in [-0.1, -0.05) is 12.1 Å². The van der Waals surface area contributed by atoms with E-state index in [0.29, 0.717) is 17.4 Å². The molecular formula is C21H24FN5O. The topological polar surface area (TPSA) is 52.9 Å². The van der Waals surface area contributed by atoms with Crippen LogP contribution < -0.4 is 20.7 Å². The van der Waals surface area contributed by atoms with Crippen LogP contribution >= 0.6 is 0 Å². The van der Waals surface area contributed by atoms with Gasteiger partial charge in [0.25, 0.3) is 5.56 Å². The smallest absolute Gasteiger partial charge is 0.258 e. The van der Waals surface area contributed by atoms with E-state index in [1.165, 1.54) is 16.5 Å². The molecule has 1 aromatic carbocycles. The lowest BCUT2D eigenvalue weighted by molar-refractivity contribution is 0.483. The van der Waals surface area contributed by atoms with Crippen LogP contribution in [0.2, 0.25) is 0 Å². The standard InChI is InChI=1S/C21H24FN5O/c1-14-12-26(9-8-23-14)17-10-18(22)21-24-19(11-20(28)27(21)13-17)15-4-6-16(7-5-15)25(2)3/h4-7,10-11,13-14,23H,8-9,12H2,1-3H3/t14-/m1/s1. The summed E-state index contributed by atoms with van der Waals surface area (Å²) in [6, 6.07) is 10.9. The minimum Gasteiger partial charge on any atom is -0.378 e. The van der Waals surface area contributed by atoms with Crippen molar-refractivity contribution in [1.29, 1.82) is 0 Å². The largest absolute Gasteiger partial charge is 0.378 e. The Morgan fingerprint density at radius 1 is 1.21 bits per heavy atom. The molecule has 6 nitrogen and oxygen atoms in total. The number of piperazine rings is 1. The predicted molar refractivity (Wildman–Crippen MR) is 111 cm³/mol. The number of aromatic nitrogens is 2.